The summed E-state index contributed by atoms with van der Waals surface area (Å²) < 4.78 is 2.02. The molecule has 3 heteroatoms. The molecule has 0 aliphatic carbocycles. The van der Waals surface area contributed by atoms with E-state index >= 15 is 0 Å². The number of benzene rings is 1. The van der Waals surface area contributed by atoms with E-state index in [4.69, 9.17) is 0 Å². The van der Waals surface area contributed by atoms with Crippen LogP contribution in [-0.4, -0.2) is 15.4 Å². The van der Waals surface area contributed by atoms with Crippen LogP contribution in [0.2, 0.25) is 0 Å². The molecule has 0 atom stereocenters. The third-order valence-electron chi connectivity index (χ3n) is 3.15. The molecule has 0 saturated heterocycles. The summed E-state index contributed by atoms with van der Waals surface area (Å²) in [6.07, 6.45) is 1.97. The quantitative estimate of drug-likeness (QED) is 0.769. The molecule has 86 valence electrons. The summed E-state index contributed by atoms with van der Waals surface area (Å²) in [7, 11) is 0. The standard InChI is InChI=1S/C14H14N2O/c17-14-11-15-8-4-7-13(15)10-16(14)9-12-5-2-1-3-6-12/h1-8H,9-11H2. The maximum atomic E-state index is 12.0. The van der Waals surface area contributed by atoms with Gasteiger partial charge in [-0.25, -0.2) is 0 Å². The molecule has 1 aliphatic heterocycles. The van der Waals surface area contributed by atoms with Gasteiger partial charge in [-0.2, -0.15) is 0 Å². The number of amides is 1. The van der Waals surface area contributed by atoms with Gasteiger partial charge in [-0.05, 0) is 17.7 Å². The predicted octanol–water partition coefficient (Wildman–Crippen LogP) is 2.03. The Morgan fingerprint density at radius 2 is 1.82 bits per heavy atom. The predicted molar refractivity (Wildman–Crippen MR) is 65.1 cm³/mol. The second-order valence-corrected chi connectivity index (χ2v) is 4.36. The maximum absolute atomic E-state index is 12.0. The molecule has 3 rings (SSSR count). The highest BCUT2D eigenvalue weighted by atomic mass is 16.2. The Labute approximate surface area is 100 Å². The fourth-order valence-electron chi connectivity index (χ4n) is 2.22. The number of carbonyl (C=O) groups is 1. The molecule has 2 aromatic rings. The minimum Gasteiger partial charge on any atom is -0.340 e. The molecular weight excluding hydrogens is 212 g/mol. The molecule has 0 spiro atoms. The first-order chi connectivity index (χ1) is 8.33. The van der Waals surface area contributed by atoms with Crippen molar-refractivity contribution in [3.05, 3.63) is 59.9 Å². The Hall–Kier alpha value is -2.03. The largest absolute Gasteiger partial charge is 0.340 e. The van der Waals surface area contributed by atoms with E-state index in [1.165, 1.54) is 11.3 Å². The summed E-state index contributed by atoms with van der Waals surface area (Å²) in [6.45, 7) is 1.88. The summed E-state index contributed by atoms with van der Waals surface area (Å²) in [5.74, 6) is 0.192. The minimum atomic E-state index is 0.192. The summed E-state index contributed by atoms with van der Waals surface area (Å²) in [5, 5.41) is 0. The van der Waals surface area contributed by atoms with Crippen molar-refractivity contribution in [1.82, 2.24) is 9.47 Å². The summed E-state index contributed by atoms with van der Waals surface area (Å²) in [4.78, 5) is 13.9. The number of nitrogens with zero attached hydrogens (tertiary/aromatic N) is 2. The fraction of sp³-hybridized carbons (Fsp3) is 0.214. The molecule has 17 heavy (non-hydrogen) atoms. The van der Waals surface area contributed by atoms with E-state index in [2.05, 4.69) is 18.2 Å². The smallest absolute Gasteiger partial charge is 0.243 e. The van der Waals surface area contributed by atoms with Gasteiger partial charge in [0.15, 0.2) is 0 Å². The SMILES string of the molecule is O=C1Cn2cccc2CN1Cc1ccccc1. The normalized spacial score (nSPS) is 14.8. The van der Waals surface area contributed by atoms with E-state index in [9.17, 15) is 4.79 Å². The van der Waals surface area contributed by atoms with E-state index < -0.39 is 0 Å². The highest BCUT2D eigenvalue weighted by molar-refractivity contribution is 5.77. The third kappa shape index (κ3) is 1.96. The topological polar surface area (TPSA) is 25.2 Å². The lowest BCUT2D eigenvalue weighted by molar-refractivity contribution is -0.134. The average Bonchev–Trinajstić information content (AvgIpc) is 2.78. The van der Waals surface area contributed by atoms with Crippen molar-refractivity contribution in [2.24, 2.45) is 0 Å². The Morgan fingerprint density at radius 1 is 1.00 bits per heavy atom. The minimum absolute atomic E-state index is 0.192. The number of fused-ring (bicyclic) bond motifs is 1. The molecular formula is C14H14N2O. The van der Waals surface area contributed by atoms with E-state index in [0.717, 1.165) is 0 Å². The van der Waals surface area contributed by atoms with Gasteiger partial charge < -0.3 is 9.47 Å². The van der Waals surface area contributed by atoms with Crippen molar-refractivity contribution >= 4 is 5.91 Å². The van der Waals surface area contributed by atoms with Gasteiger partial charge in [-0.3, -0.25) is 4.79 Å². The first kappa shape index (κ1) is 10.1. The highest BCUT2D eigenvalue weighted by Gasteiger charge is 2.21. The highest BCUT2D eigenvalue weighted by Crippen LogP contribution is 2.16. The number of carbonyl (C=O) groups excluding carboxylic acids is 1. The first-order valence-electron chi connectivity index (χ1n) is 5.78. The molecule has 0 unspecified atom stereocenters. The van der Waals surface area contributed by atoms with Gasteiger partial charge in [0.25, 0.3) is 0 Å². The van der Waals surface area contributed by atoms with Crippen LogP contribution in [0.25, 0.3) is 0 Å². The van der Waals surface area contributed by atoms with Crippen molar-refractivity contribution in [3.8, 4) is 0 Å². The fourth-order valence-corrected chi connectivity index (χ4v) is 2.22. The van der Waals surface area contributed by atoms with Crippen LogP contribution in [-0.2, 0) is 24.4 Å². The second kappa shape index (κ2) is 4.09. The summed E-state index contributed by atoms with van der Waals surface area (Å²) in [5.41, 5.74) is 2.39. The molecule has 0 N–H and O–H groups in total. The van der Waals surface area contributed by atoms with Crippen LogP contribution >= 0.6 is 0 Å². The van der Waals surface area contributed by atoms with Gasteiger partial charge in [-0.15, -0.1) is 0 Å². The Balaban J connectivity index is 1.79. The van der Waals surface area contributed by atoms with Crippen LogP contribution < -0.4 is 0 Å². The molecule has 1 aliphatic rings. The number of hydrogen-bond acceptors (Lipinski definition) is 1. The lowest BCUT2D eigenvalue weighted by Gasteiger charge is -2.28. The zero-order valence-corrected chi connectivity index (χ0v) is 9.54. The lowest BCUT2D eigenvalue weighted by Crippen LogP contribution is -2.38. The van der Waals surface area contributed by atoms with Gasteiger partial charge in [-0.1, -0.05) is 30.3 Å². The molecule has 0 radical (unpaired) electrons. The summed E-state index contributed by atoms with van der Waals surface area (Å²) in [6, 6.07) is 14.2. The summed E-state index contributed by atoms with van der Waals surface area (Å²) >= 11 is 0. The van der Waals surface area contributed by atoms with Crippen LogP contribution in [0.15, 0.2) is 48.7 Å². The molecule has 0 bridgehead atoms. The average molecular weight is 226 g/mol. The van der Waals surface area contributed by atoms with E-state index in [-0.39, 0.29) is 5.91 Å². The third-order valence-corrected chi connectivity index (χ3v) is 3.15. The number of rotatable bonds is 2. The van der Waals surface area contributed by atoms with E-state index in [1.807, 2.05) is 39.9 Å². The van der Waals surface area contributed by atoms with E-state index in [1.54, 1.807) is 0 Å². The Bertz CT molecular complexity index is 530. The van der Waals surface area contributed by atoms with Crippen molar-refractivity contribution in [3.63, 3.8) is 0 Å². The molecule has 1 aromatic carbocycles. The zero-order chi connectivity index (χ0) is 11.7. The lowest BCUT2D eigenvalue weighted by atomic mass is 10.2. The van der Waals surface area contributed by atoms with Gasteiger partial charge in [0.2, 0.25) is 5.91 Å². The zero-order valence-electron chi connectivity index (χ0n) is 9.54. The molecule has 3 nitrogen and oxygen atoms in total. The van der Waals surface area contributed by atoms with Crippen LogP contribution in [0.5, 0.6) is 0 Å². The van der Waals surface area contributed by atoms with Crippen molar-refractivity contribution in [1.29, 1.82) is 0 Å². The maximum Gasteiger partial charge on any atom is 0.243 e. The molecule has 0 fully saturated rings. The second-order valence-electron chi connectivity index (χ2n) is 4.36. The van der Waals surface area contributed by atoms with Crippen LogP contribution in [0, 0.1) is 0 Å². The van der Waals surface area contributed by atoms with Crippen LogP contribution in [0.3, 0.4) is 0 Å². The van der Waals surface area contributed by atoms with Crippen LogP contribution in [0.4, 0.5) is 0 Å². The molecule has 2 heterocycles. The number of aromatic nitrogens is 1. The Kier molecular flexibility index (Phi) is 2.44. The van der Waals surface area contributed by atoms with Gasteiger partial charge in [0.05, 0.1) is 6.54 Å². The molecule has 1 amide bonds. The first-order valence-corrected chi connectivity index (χ1v) is 5.78. The van der Waals surface area contributed by atoms with E-state index in [0.29, 0.717) is 19.6 Å². The van der Waals surface area contributed by atoms with Crippen LogP contribution in [0.1, 0.15) is 11.3 Å². The van der Waals surface area contributed by atoms with Crippen molar-refractivity contribution in [2.75, 3.05) is 0 Å². The van der Waals surface area contributed by atoms with Crippen molar-refractivity contribution in [2.45, 2.75) is 19.6 Å². The van der Waals surface area contributed by atoms with Gasteiger partial charge in [0.1, 0.15) is 6.54 Å². The van der Waals surface area contributed by atoms with Gasteiger partial charge >= 0.3 is 0 Å². The monoisotopic (exact) mass is 226 g/mol. The molecule has 1 aromatic heterocycles. The van der Waals surface area contributed by atoms with Gasteiger partial charge in [0, 0.05) is 18.4 Å². The van der Waals surface area contributed by atoms with Crippen molar-refractivity contribution < 1.29 is 4.79 Å². The Morgan fingerprint density at radius 3 is 2.65 bits per heavy atom. The number of hydrogen-bond donors (Lipinski definition) is 0. The molecule has 0 saturated carbocycles.